The van der Waals surface area contributed by atoms with E-state index in [1.807, 2.05) is 39.0 Å². The van der Waals surface area contributed by atoms with E-state index in [0.717, 1.165) is 5.69 Å². The van der Waals surface area contributed by atoms with Gasteiger partial charge in [-0.15, -0.1) is 0 Å². The lowest BCUT2D eigenvalue weighted by molar-refractivity contribution is 0.634. The first-order valence-corrected chi connectivity index (χ1v) is 5.70. The van der Waals surface area contributed by atoms with Crippen molar-refractivity contribution in [2.45, 2.75) is 32.1 Å². The second-order valence-electron chi connectivity index (χ2n) is 4.02. The van der Waals surface area contributed by atoms with Gasteiger partial charge in [0.05, 0.1) is 28.0 Å². The zero-order valence-corrected chi connectivity index (χ0v) is 9.60. The van der Waals surface area contributed by atoms with Gasteiger partial charge < -0.3 is 0 Å². The third kappa shape index (κ3) is 3.55. The summed E-state index contributed by atoms with van der Waals surface area (Å²) >= 11 is 0. The maximum absolute atomic E-state index is 11.6. The van der Waals surface area contributed by atoms with Gasteiger partial charge in [0, 0.05) is 6.20 Å². The van der Waals surface area contributed by atoms with Crippen LogP contribution < -0.4 is 4.72 Å². The topological polar surface area (TPSA) is 42.0 Å². The second kappa shape index (κ2) is 4.66. The summed E-state index contributed by atoms with van der Waals surface area (Å²) in [5.74, 6) is 0. The quantitative estimate of drug-likeness (QED) is 0.827. The highest BCUT2D eigenvalue weighted by Crippen LogP contribution is 2.08. The van der Waals surface area contributed by atoms with Crippen LogP contribution in [0.1, 0.15) is 26.5 Å². The summed E-state index contributed by atoms with van der Waals surface area (Å²) in [6.45, 7) is 6.36. The minimum absolute atomic E-state index is 0.227. The van der Waals surface area contributed by atoms with Crippen molar-refractivity contribution in [1.29, 1.82) is 0 Å². The van der Waals surface area contributed by atoms with Crippen molar-refractivity contribution >= 4 is 11.0 Å². The number of nitrogens with one attached hydrogen (secondary N) is 1. The predicted octanol–water partition coefficient (Wildman–Crippen LogP) is 1.63. The smallest absolute Gasteiger partial charge is 0.0973 e. The molecule has 3 nitrogen and oxygen atoms in total. The van der Waals surface area contributed by atoms with Crippen LogP contribution in [0.3, 0.4) is 0 Å². The molecule has 4 heteroatoms. The second-order valence-corrected chi connectivity index (χ2v) is 6.07. The summed E-state index contributed by atoms with van der Waals surface area (Å²) in [4.78, 5) is 4.14. The van der Waals surface area contributed by atoms with E-state index >= 15 is 0 Å². The van der Waals surface area contributed by atoms with Crippen LogP contribution in [0, 0.1) is 0 Å². The number of pyridine rings is 1. The lowest BCUT2D eigenvalue weighted by atomic mass is 10.3. The maximum Gasteiger partial charge on any atom is 0.0973 e. The van der Waals surface area contributed by atoms with Gasteiger partial charge in [-0.25, -0.2) is 8.93 Å². The molecule has 78 valence electrons. The van der Waals surface area contributed by atoms with Crippen LogP contribution >= 0.6 is 0 Å². The molecule has 0 bridgehead atoms. The Bertz CT molecular complexity index is 306. The minimum Gasteiger partial charge on any atom is -0.260 e. The average molecular weight is 212 g/mol. The molecule has 0 aliphatic rings. The van der Waals surface area contributed by atoms with E-state index in [1.165, 1.54) is 0 Å². The molecule has 1 aromatic rings. The fourth-order valence-electron chi connectivity index (χ4n) is 0.859. The highest BCUT2D eigenvalue weighted by Gasteiger charge is 2.18. The molecule has 14 heavy (non-hydrogen) atoms. The molecule has 1 heterocycles. The van der Waals surface area contributed by atoms with Gasteiger partial charge in [-0.2, -0.15) is 0 Å². The number of hydrogen-bond donors (Lipinski definition) is 1. The van der Waals surface area contributed by atoms with Crippen molar-refractivity contribution in [1.82, 2.24) is 9.71 Å². The van der Waals surface area contributed by atoms with E-state index in [4.69, 9.17) is 0 Å². The molecular formula is C10H16N2OS. The first-order valence-electron chi connectivity index (χ1n) is 4.55. The summed E-state index contributed by atoms with van der Waals surface area (Å²) in [6, 6.07) is 5.70. The lowest BCUT2D eigenvalue weighted by Crippen LogP contribution is -2.33. The van der Waals surface area contributed by atoms with Gasteiger partial charge in [0.25, 0.3) is 0 Å². The van der Waals surface area contributed by atoms with Crippen molar-refractivity contribution in [2.75, 3.05) is 0 Å². The number of rotatable bonds is 3. The zero-order chi connectivity index (χ0) is 10.6. The molecule has 0 aromatic carbocycles. The Morgan fingerprint density at radius 1 is 1.43 bits per heavy atom. The Kier molecular flexibility index (Phi) is 3.77. The maximum atomic E-state index is 11.6. The van der Waals surface area contributed by atoms with Gasteiger partial charge in [0.15, 0.2) is 0 Å². The van der Waals surface area contributed by atoms with Gasteiger partial charge in [0.1, 0.15) is 0 Å². The van der Waals surface area contributed by atoms with Crippen LogP contribution in [0.4, 0.5) is 0 Å². The van der Waals surface area contributed by atoms with Crippen LogP contribution in [0.25, 0.3) is 0 Å². The average Bonchev–Trinajstić information content (AvgIpc) is 2.14. The van der Waals surface area contributed by atoms with Crippen molar-refractivity contribution in [3.63, 3.8) is 0 Å². The first-order chi connectivity index (χ1) is 6.50. The molecule has 0 fully saturated rings. The van der Waals surface area contributed by atoms with Gasteiger partial charge in [-0.3, -0.25) is 4.98 Å². The monoisotopic (exact) mass is 212 g/mol. The number of hydrogen-bond acceptors (Lipinski definition) is 2. The van der Waals surface area contributed by atoms with Crippen molar-refractivity contribution < 1.29 is 4.21 Å². The molecule has 0 spiro atoms. The lowest BCUT2D eigenvalue weighted by Gasteiger charge is -2.17. The third-order valence-electron chi connectivity index (χ3n) is 1.67. The summed E-state index contributed by atoms with van der Waals surface area (Å²) in [5, 5.41) is 0. The molecular weight excluding hydrogens is 196 g/mol. The fraction of sp³-hybridized carbons (Fsp3) is 0.500. The Morgan fingerprint density at radius 2 is 2.14 bits per heavy atom. The molecule has 0 saturated carbocycles. The van der Waals surface area contributed by atoms with Crippen molar-refractivity contribution in [3.05, 3.63) is 30.1 Å². The molecule has 0 saturated heterocycles. The van der Waals surface area contributed by atoms with Crippen LogP contribution in [0.5, 0.6) is 0 Å². The molecule has 1 N–H and O–H groups in total. The molecule has 0 radical (unpaired) electrons. The van der Waals surface area contributed by atoms with E-state index in [0.29, 0.717) is 6.54 Å². The highest BCUT2D eigenvalue weighted by atomic mass is 32.2. The standard InChI is InChI=1S/C10H16N2OS/c1-10(2,3)14(13)12-8-9-6-4-5-7-11-9/h4-7,12H,8H2,1-3H3/t14-/m0/s1. The van der Waals surface area contributed by atoms with Gasteiger partial charge >= 0.3 is 0 Å². The SMILES string of the molecule is CC(C)(C)[S@](=O)NCc1ccccn1. The van der Waals surface area contributed by atoms with Crippen LogP contribution in [-0.2, 0) is 17.5 Å². The summed E-state index contributed by atoms with van der Waals surface area (Å²) < 4.78 is 14.3. The van der Waals surface area contributed by atoms with E-state index in [2.05, 4.69) is 9.71 Å². The van der Waals surface area contributed by atoms with Gasteiger partial charge in [0.2, 0.25) is 0 Å². The Labute approximate surface area is 87.5 Å². The molecule has 1 atom stereocenters. The minimum atomic E-state index is -1.03. The van der Waals surface area contributed by atoms with Crippen LogP contribution in [0.2, 0.25) is 0 Å². The zero-order valence-electron chi connectivity index (χ0n) is 8.78. The summed E-state index contributed by atoms with van der Waals surface area (Å²) in [5.41, 5.74) is 0.908. The molecule has 1 aromatic heterocycles. The van der Waals surface area contributed by atoms with Gasteiger partial charge in [-0.1, -0.05) is 6.07 Å². The predicted molar refractivity (Wildman–Crippen MR) is 59.0 cm³/mol. The van der Waals surface area contributed by atoms with E-state index < -0.39 is 11.0 Å². The molecule has 0 aliphatic heterocycles. The number of aromatic nitrogens is 1. The highest BCUT2D eigenvalue weighted by molar-refractivity contribution is 7.84. The Balaban J connectivity index is 2.46. The molecule has 0 amide bonds. The summed E-state index contributed by atoms with van der Waals surface area (Å²) in [7, 11) is -1.03. The fourth-order valence-corrected chi connectivity index (χ4v) is 1.57. The third-order valence-corrected chi connectivity index (χ3v) is 3.19. The van der Waals surface area contributed by atoms with Crippen LogP contribution in [-0.4, -0.2) is 13.9 Å². The summed E-state index contributed by atoms with van der Waals surface area (Å²) in [6.07, 6.45) is 1.73. The van der Waals surface area contributed by atoms with Gasteiger partial charge in [-0.05, 0) is 32.9 Å². The Hall–Kier alpha value is -0.740. The Morgan fingerprint density at radius 3 is 2.64 bits per heavy atom. The molecule has 0 unspecified atom stereocenters. The first kappa shape index (κ1) is 11.3. The van der Waals surface area contributed by atoms with Crippen LogP contribution in [0.15, 0.2) is 24.4 Å². The van der Waals surface area contributed by atoms with E-state index in [-0.39, 0.29) is 4.75 Å². The normalized spacial score (nSPS) is 13.9. The van der Waals surface area contributed by atoms with Crippen molar-refractivity contribution in [2.24, 2.45) is 0 Å². The van der Waals surface area contributed by atoms with E-state index in [1.54, 1.807) is 6.20 Å². The number of nitrogens with zero attached hydrogens (tertiary/aromatic N) is 1. The largest absolute Gasteiger partial charge is 0.260 e. The molecule has 1 rings (SSSR count). The van der Waals surface area contributed by atoms with Crippen molar-refractivity contribution in [3.8, 4) is 0 Å². The van der Waals surface area contributed by atoms with E-state index in [9.17, 15) is 4.21 Å². The molecule has 0 aliphatic carbocycles.